The molecule has 13 heavy (non-hydrogen) atoms. The van der Waals surface area contributed by atoms with E-state index in [1.165, 1.54) is 6.92 Å². The molecule has 0 fully saturated rings. The Balaban J connectivity index is 0. The summed E-state index contributed by atoms with van der Waals surface area (Å²) in [7, 11) is 0. The molecule has 0 saturated carbocycles. The van der Waals surface area contributed by atoms with Gasteiger partial charge in [0.25, 0.3) is 0 Å². The van der Waals surface area contributed by atoms with Gasteiger partial charge in [0.15, 0.2) is 5.97 Å². The summed E-state index contributed by atoms with van der Waals surface area (Å²) in [6.45, 7) is 1.71. The van der Waals surface area contributed by atoms with Crippen molar-refractivity contribution in [3.8, 4) is 0 Å². The average Bonchev–Trinajstić information content (AvgIpc) is 2.03. The van der Waals surface area contributed by atoms with E-state index < -0.39 is 24.8 Å². The summed E-state index contributed by atoms with van der Waals surface area (Å²) in [6, 6.07) is -0.731. The van der Waals surface area contributed by atoms with E-state index in [4.69, 9.17) is 11.5 Å². The van der Waals surface area contributed by atoms with Crippen molar-refractivity contribution >= 4 is 11.9 Å². The molecule has 0 amide bonds. The molecule has 1 unspecified atom stereocenters. The minimum Gasteiger partial charge on any atom is -0.458 e. The molecule has 0 saturated heterocycles. The number of rotatable bonds is 4. The van der Waals surface area contributed by atoms with E-state index in [1.807, 2.05) is 0 Å². The first-order valence-corrected chi connectivity index (χ1v) is 3.22. The third-order valence-corrected chi connectivity index (χ3v) is 0.910. The summed E-state index contributed by atoms with van der Waals surface area (Å²) in [4.78, 5) is 21.0. The summed E-state index contributed by atoms with van der Waals surface area (Å²) in [6.07, 6.45) is 0. The average molecular weight is 261 g/mol. The fraction of sp³-hybridized carbons (Fsp3) is 0.500. The monoisotopic (exact) mass is 260 g/mol. The van der Waals surface area contributed by atoms with E-state index in [1.54, 1.807) is 0 Å². The van der Waals surface area contributed by atoms with Gasteiger partial charge in [0.2, 0.25) is 6.79 Å². The molecule has 0 aliphatic carbocycles. The number of hydrogen-bond donors (Lipinski definition) is 2. The molecule has 0 aromatic carbocycles. The fourth-order valence-electron chi connectivity index (χ4n) is 0.325. The maximum atomic E-state index is 10.6. The van der Waals surface area contributed by atoms with Gasteiger partial charge in [-0.25, -0.2) is 6.54 Å². The van der Waals surface area contributed by atoms with E-state index in [0.717, 1.165) is 6.54 Å². The Morgan fingerprint density at radius 2 is 2.00 bits per heavy atom. The van der Waals surface area contributed by atoms with Crippen LogP contribution >= 0.6 is 0 Å². The van der Waals surface area contributed by atoms with Gasteiger partial charge in [-0.15, -0.1) is 0 Å². The summed E-state index contributed by atoms with van der Waals surface area (Å²) < 4.78 is 8.69. The Kier molecular flexibility index (Phi) is 11.2. The van der Waals surface area contributed by atoms with E-state index in [-0.39, 0.29) is 58.2 Å². The van der Waals surface area contributed by atoms with E-state index >= 15 is 0 Å². The predicted molar refractivity (Wildman–Crippen MR) is 39.2 cm³/mol. The Bertz CT molecular complexity index is 174. The molecule has 6 nitrogen and oxygen atoms in total. The summed E-state index contributed by atoms with van der Waals surface area (Å²) >= 11 is 0. The van der Waals surface area contributed by atoms with Crippen LogP contribution in [0, 0.1) is 6.54 Å². The van der Waals surface area contributed by atoms with Crippen LogP contribution in [-0.4, -0.2) is 24.8 Å². The molecule has 0 radical (unpaired) electrons. The molecule has 0 aliphatic rings. The quantitative estimate of drug-likeness (QED) is 0.300. The van der Waals surface area contributed by atoms with Crippen molar-refractivity contribution in [3.63, 3.8) is 0 Å². The first-order valence-electron chi connectivity index (χ1n) is 3.22. The van der Waals surface area contributed by atoms with Crippen LogP contribution in [0.1, 0.15) is 6.92 Å². The SMILES string of the molecule is CC(N)C(=O)OCOC(=O)[CH-]N.[Rb+]. The third kappa shape index (κ3) is 8.85. The number of ether oxygens (including phenoxy) is 2. The van der Waals surface area contributed by atoms with Gasteiger partial charge in [-0.2, -0.15) is 0 Å². The van der Waals surface area contributed by atoms with Crippen LogP contribution in [0.2, 0.25) is 0 Å². The van der Waals surface area contributed by atoms with E-state index in [2.05, 4.69) is 9.47 Å². The van der Waals surface area contributed by atoms with Crippen molar-refractivity contribution < 1.29 is 77.3 Å². The molecule has 0 spiro atoms. The fourth-order valence-corrected chi connectivity index (χ4v) is 0.325. The summed E-state index contributed by atoms with van der Waals surface area (Å²) in [5, 5.41) is 0. The zero-order chi connectivity index (χ0) is 9.56. The van der Waals surface area contributed by atoms with Gasteiger partial charge in [-0.3, -0.25) is 9.59 Å². The normalized spacial score (nSPS) is 10.7. The van der Waals surface area contributed by atoms with Crippen molar-refractivity contribution in [1.29, 1.82) is 0 Å². The Labute approximate surface area is 125 Å². The number of hydrogen-bond acceptors (Lipinski definition) is 6. The molecule has 0 heterocycles. The predicted octanol–water partition coefficient (Wildman–Crippen LogP) is -4.50. The first-order chi connectivity index (χ1) is 5.57. The molecular weight excluding hydrogens is 250 g/mol. The van der Waals surface area contributed by atoms with Crippen LogP contribution in [0.25, 0.3) is 0 Å². The maximum Gasteiger partial charge on any atom is 1.00 e. The second-order valence-corrected chi connectivity index (χ2v) is 2.00. The Hall–Kier alpha value is 0.535. The minimum absolute atomic E-state index is 0. The van der Waals surface area contributed by atoms with Crippen molar-refractivity contribution in [3.05, 3.63) is 6.54 Å². The minimum atomic E-state index is -0.757. The van der Waals surface area contributed by atoms with Crippen molar-refractivity contribution in [2.75, 3.05) is 6.79 Å². The van der Waals surface area contributed by atoms with Crippen molar-refractivity contribution in [2.45, 2.75) is 13.0 Å². The third-order valence-electron chi connectivity index (χ3n) is 0.910. The largest absolute Gasteiger partial charge is 1.00 e. The van der Waals surface area contributed by atoms with Gasteiger partial charge in [0.1, 0.15) is 6.04 Å². The summed E-state index contributed by atoms with van der Waals surface area (Å²) in [5.74, 6) is -1.40. The van der Waals surface area contributed by atoms with Crippen LogP contribution in [-0.2, 0) is 19.1 Å². The molecule has 0 aromatic heterocycles. The van der Waals surface area contributed by atoms with Crippen LogP contribution in [0.4, 0.5) is 0 Å². The zero-order valence-corrected chi connectivity index (χ0v) is 12.6. The van der Waals surface area contributed by atoms with Crippen LogP contribution in [0.3, 0.4) is 0 Å². The first kappa shape index (κ1) is 16.0. The maximum absolute atomic E-state index is 10.6. The smallest absolute Gasteiger partial charge is 0.458 e. The van der Waals surface area contributed by atoms with Crippen molar-refractivity contribution in [2.24, 2.45) is 11.5 Å². The van der Waals surface area contributed by atoms with Crippen LogP contribution in [0.5, 0.6) is 0 Å². The number of carbonyl (C=O) groups is 2. The van der Waals surface area contributed by atoms with Gasteiger partial charge in [0, 0.05) is 0 Å². The van der Waals surface area contributed by atoms with Gasteiger partial charge in [-0.1, -0.05) is 0 Å². The van der Waals surface area contributed by atoms with Crippen molar-refractivity contribution in [1.82, 2.24) is 0 Å². The van der Waals surface area contributed by atoms with E-state index in [9.17, 15) is 9.59 Å². The molecule has 0 bridgehead atoms. The van der Waals surface area contributed by atoms with Crippen LogP contribution < -0.4 is 69.7 Å². The molecule has 0 rings (SSSR count). The standard InChI is InChI=1S/C6H11N2O4.Rb/c1-4(8)6(10)12-3-11-5(9)2-7;/h2,4H,3,7-8H2,1H3;/q-1;+1. The number of esters is 2. The molecule has 70 valence electrons. The topological polar surface area (TPSA) is 105 Å². The second kappa shape index (κ2) is 9.10. The van der Waals surface area contributed by atoms with Crippen LogP contribution in [0.15, 0.2) is 0 Å². The van der Waals surface area contributed by atoms with Gasteiger partial charge < -0.3 is 20.9 Å². The molecule has 4 N–H and O–H groups in total. The number of carbonyl (C=O) groups excluding carboxylic acids is 2. The van der Waals surface area contributed by atoms with E-state index in [0.29, 0.717) is 0 Å². The molecule has 1 atom stereocenters. The van der Waals surface area contributed by atoms with Gasteiger partial charge in [-0.05, 0) is 6.92 Å². The molecule has 7 heteroatoms. The Morgan fingerprint density at radius 1 is 1.46 bits per heavy atom. The number of nitrogens with two attached hydrogens (primary N) is 2. The molecule has 0 aliphatic heterocycles. The second-order valence-electron chi connectivity index (χ2n) is 2.00. The Morgan fingerprint density at radius 3 is 2.38 bits per heavy atom. The van der Waals surface area contributed by atoms with Gasteiger partial charge in [0.05, 0.1) is 0 Å². The zero-order valence-electron chi connectivity index (χ0n) is 7.65. The molecular formula is C6H11N2O4Rb. The molecule has 0 aromatic rings. The summed E-state index contributed by atoms with van der Waals surface area (Å²) in [5.41, 5.74) is 9.92. The van der Waals surface area contributed by atoms with Gasteiger partial charge >= 0.3 is 64.2 Å².